The van der Waals surface area contributed by atoms with E-state index >= 15 is 0 Å². The van der Waals surface area contributed by atoms with Gasteiger partial charge in [-0.25, -0.2) is 0 Å². The molecule has 0 aromatic heterocycles. The first kappa shape index (κ1) is 14.3. The summed E-state index contributed by atoms with van der Waals surface area (Å²) in [6.07, 6.45) is -0.0769. The van der Waals surface area contributed by atoms with E-state index in [0.29, 0.717) is 4.90 Å². The maximum Gasteiger partial charge on any atom is 0.281 e. The van der Waals surface area contributed by atoms with Gasteiger partial charge in [-0.1, -0.05) is 0 Å². The van der Waals surface area contributed by atoms with Crippen LogP contribution < -0.4 is 11.1 Å². The molecule has 1 aromatic carbocycles. The topological polar surface area (TPSA) is 153 Å². The Labute approximate surface area is 123 Å². The molecule has 0 aliphatic carbocycles. The van der Waals surface area contributed by atoms with Gasteiger partial charge in [-0.3, -0.25) is 24.6 Å². The molecule has 2 aliphatic rings. The number of hydrogen-bond donors (Lipinski definition) is 5. The number of nitrogens with one attached hydrogen (secondary N) is 1. The minimum absolute atomic E-state index is 0.0344. The highest BCUT2D eigenvalue weighted by Gasteiger charge is 2.54. The molecule has 1 aromatic rings. The van der Waals surface area contributed by atoms with Crippen molar-refractivity contribution < 1.29 is 29.7 Å². The van der Waals surface area contributed by atoms with Crippen LogP contribution in [0.25, 0.3) is 0 Å². The van der Waals surface area contributed by atoms with Crippen LogP contribution in [0.3, 0.4) is 0 Å². The van der Waals surface area contributed by atoms with Crippen molar-refractivity contribution in [3.05, 3.63) is 23.3 Å². The predicted octanol–water partition coefficient (Wildman–Crippen LogP) is -1.67. The SMILES string of the molecule is Nc1cc(O)cc2c1C(O)(O)N(C1CCC(=O)NC1=O)C2=O. The third kappa shape index (κ3) is 1.83. The zero-order valence-electron chi connectivity index (χ0n) is 11.2. The number of fused-ring (bicyclic) bond motifs is 1. The van der Waals surface area contributed by atoms with Gasteiger partial charge in [0.25, 0.3) is 11.8 Å². The Morgan fingerprint density at radius 1 is 1.27 bits per heavy atom. The van der Waals surface area contributed by atoms with Crippen molar-refractivity contribution in [2.75, 3.05) is 5.73 Å². The number of carbonyl (C=O) groups excluding carboxylic acids is 3. The van der Waals surface area contributed by atoms with E-state index < -0.39 is 29.7 Å². The fourth-order valence-electron chi connectivity index (χ4n) is 2.87. The first-order chi connectivity index (χ1) is 10.2. The zero-order chi connectivity index (χ0) is 16.2. The van der Waals surface area contributed by atoms with Crippen molar-refractivity contribution in [2.24, 2.45) is 0 Å². The van der Waals surface area contributed by atoms with Crippen molar-refractivity contribution in [3.8, 4) is 5.75 Å². The third-order valence-corrected chi connectivity index (χ3v) is 3.80. The molecule has 3 amide bonds. The van der Waals surface area contributed by atoms with Gasteiger partial charge in [0.15, 0.2) is 0 Å². The number of imide groups is 1. The smallest absolute Gasteiger partial charge is 0.281 e. The average molecular weight is 307 g/mol. The van der Waals surface area contributed by atoms with Gasteiger partial charge in [0.2, 0.25) is 11.8 Å². The molecule has 1 saturated heterocycles. The van der Waals surface area contributed by atoms with Crippen LogP contribution in [0.15, 0.2) is 12.1 Å². The number of benzene rings is 1. The van der Waals surface area contributed by atoms with E-state index in [1.807, 2.05) is 5.32 Å². The van der Waals surface area contributed by atoms with Crippen LogP contribution >= 0.6 is 0 Å². The lowest BCUT2D eigenvalue weighted by atomic mass is 10.0. The third-order valence-electron chi connectivity index (χ3n) is 3.80. The monoisotopic (exact) mass is 307 g/mol. The highest BCUT2D eigenvalue weighted by molar-refractivity contribution is 6.06. The van der Waals surface area contributed by atoms with Gasteiger partial charge >= 0.3 is 0 Å². The fraction of sp³-hybridized carbons (Fsp3) is 0.308. The minimum Gasteiger partial charge on any atom is -0.508 e. The molecule has 1 fully saturated rings. The van der Waals surface area contributed by atoms with Crippen molar-refractivity contribution in [2.45, 2.75) is 24.8 Å². The summed E-state index contributed by atoms with van der Waals surface area (Å²) < 4.78 is 0. The maximum atomic E-state index is 12.4. The Bertz CT molecular complexity index is 714. The summed E-state index contributed by atoms with van der Waals surface area (Å²) in [5, 5.41) is 32.2. The van der Waals surface area contributed by atoms with Crippen LogP contribution in [0.5, 0.6) is 5.75 Å². The molecular formula is C13H13N3O6. The molecule has 0 bridgehead atoms. The van der Waals surface area contributed by atoms with Gasteiger partial charge in [0, 0.05) is 18.2 Å². The highest BCUT2D eigenvalue weighted by Crippen LogP contribution is 2.42. The number of carbonyl (C=O) groups is 3. The molecule has 9 nitrogen and oxygen atoms in total. The molecule has 0 radical (unpaired) electrons. The number of phenolic OH excluding ortho intramolecular Hbond substituents is 1. The van der Waals surface area contributed by atoms with Gasteiger partial charge in [-0.15, -0.1) is 0 Å². The molecule has 2 aliphatic heterocycles. The molecule has 6 N–H and O–H groups in total. The average Bonchev–Trinajstić information content (AvgIpc) is 2.58. The minimum atomic E-state index is -2.80. The van der Waals surface area contributed by atoms with E-state index in [1.54, 1.807) is 0 Å². The normalized spacial score (nSPS) is 23.5. The Morgan fingerprint density at radius 2 is 1.95 bits per heavy atom. The molecule has 9 heteroatoms. The van der Waals surface area contributed by atoms with Crippen molar-refractivity contribution in [1.29, 1.82) is 0 Å². The molecule has 2 heterocycles. The van der Waals surface area contributed by atoms with Crippen molar-refractivity contribution in [1.82, 2.24) is 10.2 Å². The standard InChI is InChI=1S/C13H13N3O6/c14-7-4-5(17)3-6-10(7)13(21,22)16(12(6)20)8-1-2-9(18)15-11(8)19/h3-4,8,17,21-22H,1-2,14H2,(H,15,18,19). The van der Waals surface area contributed by atoms with Crippen LogP contribution in [0.1, 0.15) is 28.8 Å². The van der Waals surface area contributed by atoms with E-state index in [4.69, 9.17) is 5.73 Å². The van der Waals surface area contributed by atoms with Gasteiger partial charge < -0.3 is 21.1 Å². The quantitative estimate of drug-likeness (QED) is 0.236. The number of amides is 3. The summed E-state index contributed by atoms with van der Waals surface area (Å²) in [6.45, 7) is 0. The predicted molar refractivity (Wildman–Crippen MR) is 71.0 cm³/mol. The second-order valence-electron chi connectivity index (χ2n) is 5.24. The molecule has 3 rings (SSSR count). The van der Waals surface area contributed by atoms with Gasteiger partial charge in [-0.2, -0.15) is 0 Å². The number of aliphatic hydroxyl groups is 2. The summed E-state index contributed by atoms with van der Waals surface area (Å²) in [5.41, 5.74) is 4.96. The zero-order valence-corrected chi connectivity index (χ0v) is 11.2. The molecular weight excluding hydrogens is 294 g/mol. The maximum absolute atomic E-state index is 12.4. The van der Waals surface area contributed by atoms with Crippen molar-refractivity contribution in [3.63, 3.8) is 0 Å². The largest absolute Gasteiger partial charge is 0.508 e. The summed E-state index contributed by atoms with van der Waals surface area (Å²) in [5.74, 6) is -5.27. The van der Waals surface area contributed by atoms with E-state index in [-0.39, 0.29) is 35.4 Å². The number of hydrogen-bond acceptors (Lipinski definition) is 7. The van der Waals surface area contributed by atoms with Crippen LogP contribution in [0.2, 0.25) is 0 Å². The first-order valence-electron chi connectivity index (χ1n) is 6.48. The van der Waals surface area contributed by atoms with E-state index in [0.717, 1.165) is 12.1 Å². The number of phenols is 1. The Balaban J connectivity index is 2.08. The van der Waals surface area contributed by atoms with Crippen molar-refractivity contribution >= 4 is 23.4 Å². The Hall–Kier alpha value is -2.65. The second kappa shape index (κ2) is 4.42. The summed E-state index contributed by atoms with van der Waals surface area (Å²) in [6, 6.07) is 0.886. The number of nitrogen functional groups attached to an aromatic ring is 1. The Kier molecular flexibility index (Phi) is 2.87. The number of nitrogens with zero attached hydrogens (tertiary/aromatic N) is 1. The molecule has 1 unspecified atom stereocenters. The van der Waals surface area contributed by atoms with E-state index in [1.165, 1.54) is 0 Å². The van der Waals surface area contributed by atoms with Gasteiger partial charge in [0.1, 0.15) is 11.8 Å². The summed E-state index contributed by atoms with van der Waals surface area (Å²) in [4.78, 5) is 36.1. The number of aromatic hydroxyl groups is 1. The lowest BCUT2D eigenvalue weighted by Crippen LogP contribution is -2.58. The first-order valence-corrected chi connectivity index (χ1v) is 6.48. The molecule has 0 saturated carbocycles. The Morgan fingerprint density at radius 3 is 2.59 bits per heavy atom. The van der Waals surface area contributed by atoms with Crippen LogP contribution in [0.4, 0.5) is 5.69 Å². The van der Waals surface area contributed by atoms with Gasteiger partial charge in [-0.05, 0) is 12.5 Å². The van der Waals surface area contributed by atoms with E-state index in [9.17, 15) is 29.7 Å². The van der Waals surface area contributed by atoms with Crippen LogP contribution in [0, 0.1) is 0 Å². The number of anilines is 1. The second-order valence-corrected chi connectivity index (χ2v) is 5.24. The van der Waals surface area contributed by atoms with Crippen LogP contribution in [-0.2, 0) is 15.5 Å². The lowest BCUT2D eigenvalue weighted by Gasteiger charge is -2.36. The van der Waals surface area contributed by atoms with Crippen LogP contribution in [-0.4, -0.2) is 44.0 Å². The number of rotatable bonds is 1. The number of piperidine rings is 1. The molecule has 0 spiro atoms. The lowest BCUT2D eigenvalue weighted by molar-refractivity contribution is -0.258. The van der Waals surface area contributed by atoms with Gasteiger partial charge in [0.05, 0.1) is 11.1 Å². The summed E-state index contributed by atoms with van der Waals surface area (Å²) >= 11 is 0. The molecule has 1 atom stereocenters. The van der Waals surface area contributed by atoms with E-state index in [2.05, 4.69) is 0 Å². The molecule has 22 heavy (non-hydrogen) atoms. The highest BCUT2D eigenvalue weighted by atomic mass is 16.5. The summed E-state index contributed by atoms with van der Waals surface area (Å²) in [7, 11) is 0. The molecule has 116 valence electrons. The fourth-order valence-corrected chi connectivity index (χ4v) is 2.87. The number of nitrogens with two attached hydrogens (primary N) is 1.